The van der Waals surface area contributed by atoms with Crippen molar-refractivity contribution in [3.63, 3.8) is 0 Å². The van der Waals surface area contributed by atoms with Crippen LogP contribution in [0.2, 0.25) is 0 Å². The number of nitrogens with one attached hydrogen (secondary N) is 1. The molecule has 0 radical (unpaired) electrons. The van der Waals surface area contributed by atoms with Gasteiger partial charge >= 0.3 is 0 Å². The van der Waals surface area contributed by atoms with Crippen LogP contribution in [-0.4, -0.2) is 53.5 Å². The average molecular weight is 641 g/mol. The Morgan fingerprint density at radius 3 is 2.20 bits per heavy atom. The van der Waals surface area contributed by atoms with Gasteiger partial charge in [-0.3, -0.25) is 14.4 Å². The van der Waals surface area contributed by atoms with Gasteiger partial charge in [0.25, 0.3) is 15.9 Å². The first kappa shape index (κ1) is 30.5. The summed E-state index contributed by atoms with van der Waals surface area (Å²) in [7, 11) is -3.97. The van der Waals surface area contributed by atoms with Gasteiger partial charge in [-0.1, -0.05) is 70.5 Å². The SMILES string of the molecule is CC(C)(C)NC(=O)C(Cc1ccccc1)N(Cc1ccc(Br)cc1)C(=O)CCCN1C(=O)c2ccccc2S1(=O)=O. The Labute approximate surface area is 249 Å². The highest BCUT2D eigenvalue weighted by Crippen LogP contribution is 2.30. The molecule has 216 valence electrons. The zero-order valence-corrected chi connectivity index (χ0v) is 25.7. The van der Waals surface area contributed by atoms with Gasteiger partial charge in [0.15, 0.2) is 0 Å². The lowest BCUT2D eigenvalue weighted by atomic mass is 10.00. The normalized spacial score (nSPS) is 14.8. The Morgan fingerprint density at radius 2 is 1.56 bits per heavy atom. The summed E-state index contributed by atoms with van der Waals surface area (Å²) in [5.74, 6) is -1.18. The third-order valence-electron chi connectivity index (χ3n) is 6.70. The fourth-order valence-corrected chi connectivity index (χ4v) is 6.63. The van der Waals surface area contributed by atoms with Crippen LogP contribution in [0, 0.1) is 0 Å². The number of sulfonamides is 1. The summed E-state index contributed by atoms with van der Waals surface area (Å²) in [5, 5.41) is 3.02. The molecule has 0 bridgehead atoms. The summed E-state index contributed by atoms with van der Waals surface area (Å²) in [6, 6.07) is 22.3. The van der Waals surface area contributed by atoms with Crippen molar-refractivity contribution in [2.45, 2.75) is 63.1 Å². The lowest BCUT2D eigenvalue weighted by Gasteiger charge is -2.34. The Morgan fingerprint density at radius 1 is 0.927 bits per heavy atom. The molecule has 10 heteroatoms. The van der Waals surface area contributed by atoms with Gasteiger partial charge in [-0.15, -0.1) is 0 Å². The molecule has 1 N–H and O–H groups in total. The standard InChI is InChI=1S/C31H34BrN3O5S/c1-31(2,3)33-29(37)26(20-22-10-5-4-6-11-22)34(21-23-15-17-24(32)18-16-23)28(36)14-9-19-35-30(38)25-12-7-8-13-27(25)41(35,39)40/h4-8,10-13,15-18,26H,9,14,19-21H2,1-3H3,(H,33,37). The van der Waals surface area contributed by atoms with Crippen LogP contribution in [0.4, 0.5) is 0 Å². The van der Waals surface area contributed by atoms with E-state index in [1.165, 1.54) is 12.1 Å². The Kier molecular flexibility index (Phi) is 9.34. The first-order valence-electron chi connectivity index (χ1n) is 13.4. The summed E-state index contributed by atoms with van der Waals surface area (Å²) in [4.78, 5) is 41.8. The minimum Gasteiger partial charge on any atom is -0.350 e. The van der Waals surface area contributed by atoms with E-state index >= 15 is 0 Å². The molecule has 3 aromatic carbocycles. The van der Waals surface area contributed by atoms with Gasteiger partial charge in [0.1, 0.15) is 10.9 Å². The van der Waals surface area contributed by atoms with Crippen LogP contribution in [0.3, 0.4) is 0 Å². The molecule has 0 spiro atoms. The monoisotopic (exact) mass is 639 g/mol. The molecule has 1 unspecified atom stereocenters. The maximum atomic E-state index is 13.8. The van der Waals surface area contributed by atoms with Crippen molar-refractivity contribution < 1.29 is 22.8 Å². The second-order valence-electron chi connectivity index (χ2n) is 11.1. The summed E-state index contributed by atoms with van der Waals surface area (Å²) in [6.07, 6.45) is 0.382. The van der Waals surface area contributed by atoms with Crippen LogP contribution in [-0.2, 0) is 32.6 Å². The quantitative estimate of drug-likeness (QED) is 0.339. The molecule has 1 aliphatic heterocycles. The van der Waals surface area contributed by atoms with Gasteiger partial charge < -0.3 is 10.2 Å². The zero-order chi connectivity index (χ0) is 29.8. The van der Waals surface area contributed by atoms with Crippen LogP contribution in [0.5, 0.6) is 0 Å². The number of rotatable bonds is 10. The number of benzene rings is 3. The molecule has 3 amide bonds. The van der Waals surface area contributed by atoms with Crippen molar-refractivity contribution in [3.8, 4) is 0 Å². The Bertz CT molecular complexity index is 1520. The van der Waals surface area contributed by atoms with Crippen molar-refractivity contribution in [1.82, 2.24) is 14.5 Å². The van der Waals surface area contributed by atoms with Gasteiger partial charge in [-0.05, 0) is 62.6 Å². The molecule has 1 heterocycles. The second kappa shape index (κ2) is 12.6. The smallest absolute Gasteiger partial charge is 0.269 e. The maximum Gasteiger partial charge on any atom is 0.269 e. The predicted molar refractivity (Wildman–Crippen MR) is 160 cm³/mol. The molecule has 1 aliphatic rings. The minimum atomic E-state index is -3.97. The van der Waals surface area contributed by atoms with Gasteiger partial charge in [0, 0.05) is 35.9 Å². The third-order valence-corrected chi connectivity index (χ3v) is 9.07. The fraction of sp³-hybridized carbons (Fsp3) is 0.323. The van der Waals surface area contributed by atoms with E-state index in [0.29, 0.717) is 6.42 Å². The molecule has 3 aromatic rings. The van der Waals surface area contributed by atoms with Gasteiger partial charge in [0.05, 0.1) is 5.56 Å². The number of amides is 3. The van der Waals surface area contributed by atoms with Gasteiger partial charge in [-0.25, -0.2) is 12.7 Å². The van der Waals surface area contributed by atoms with Crippen LogP contribution in [0.25, 0.3) is 0 Å². The lowest BCUT2D eigenvalue weighted by Crippen LogP contribution is -2.54. The molecular formula is C31H34BrN3O5S. The topological polar surface area (TPSA) is 104 Å². The molecule has 41 heavy (non-hydrogen) atoms. The Hall–Kier alpha value is -3.50. The zero-order valence-electron chi connectivity index (χ0n) is 23.3. The minimum absolute atomic E-state index is 0.0185. The van der Waals surface area contributed by atoms with E-state index in [4.69, 9.17) is 0 Å². The van der Waals surface area contributed by atoms with E-state index < -0.39 is 27.5 Å². The van der Waals surface area contributed by atoms with Crippen LogP contribution in [0.15, 0.2) is 88.2 Å². The highest BCUT2D eigenvalue weighted by atomic mass is 79.9. The van der Waals surface area contributed by atoms with Gasteiger partial charge in [0.2, 0.25) is 11.8 Å². The first-order chi connectivity index (χ1) is 19.4. The molecule has 0 saturated carbocycles. The number of nitrogens with zero attached hydrogens (tertiary/aromatic N) is 2. The average Bonchev–Trinajstić information content (AvgIpc) is 3.11. The largest absolute Gasteiger partial charge is 0.350 e. The third kappa shape index (κ3) is 7.42. The van der Waals surface area contributed by atoms with Gasteiger partial charge in [-0.2, -0.15) is 0 Å². The summed E-state index contributed by atoms with van der Waals surface area (Å²) >= 11 is 3.44. The summed E-state index contributed by atoms with van der Waals surface area (Å²) < 4.78 is 27.6. The van der Waals surface area contributed by atoms with Crippen LogP contribution < -0.4 is 5.32 Å². The predicted octanol–water partition coefficient (Wildman–Crippen LogP) is 4.93. The number of carbonyl (C=O) groups is 3. The molecule has 4 rings (SSSR count). The van der Waals surface area contributed by atoms with E-state index in [0.717, 1.165) is 19.9 Å². The van der Waals surface area contributed by atoms with Crippen molar-refractivity contribution in [1.29, 1.82) is 0 Å². The van der Waals surface area contributed by atoms with Crippen molar-refractivity contribution >= 4 is 43.7 Å². The highest BCUT2D eigenvalue weighted by Gasteiger charge is 2.40. The highest BCUT2D eigenvalue weighted by molar-refractivity contribution is 9.10. The summed E-state index contributed by atoms with van der Waals surface area (Å²) in [5.41, 5.74) is 1.37. The van der Waals surface area contributed by atoms with E-state index in [9.17, 15) is 22.8 Å². The van der Waals surface area contributed by atoms with Crippen LogP contribution >= 0.6 is 15.9 Å². The first-order valence-corrected chi connectivity index (χ1v) is 15.7. The lowest BCUT2D eigenvalue weighted by molar-refractivity contribution is -0.142. The molecule has 0 aromatic heterocycles. The van der Waals surface area contributed by atoms with E-state index in [1.54, 1.807) is 17.0 Å². The van der Waals surface area contributed by atoms with Crippen molar-refractivity contribution in [2.75, 3.05) is 6.54 Å². The van der Waals surface area contributed by atoms with E-state index in [1.807, 2.05) is 75.4 Å². The van der Waals surface area contributed by atoms with E-state index in [2.05, 4.69) is 21.2 Å². The molecule has 0 fully saturated rings. The molecular weight excluding hydrogens is 606 g/mol. The molecule has 0 aliphatic carbocycles. The van der Waals surface area contributed by atoms with Crippen molar-refractivity contribution in [2.24, 2.45) is 0 Å². The summed E-state index contributed by atoms with van der Waals surface area (Å²) in [6.45, 7) is 5.71. The number of hydrogen-bond acceptors (Lipinski definition) is 5. The second-order valence-corrected chi connectivity index (χ2v) is 13.8. The number of halogens is 1. The maximum absolute atomic E-state index is 13.8. The Balaban J connectivity index is 1.58. The molecule has 1 atom stereocenters. The fourth-order valence-electron chi connectivity index (χ4n) is 4.76. The number of hydrogen-bond donors (Lipinski definition) is 1. The van der Waals surface area contributed by atoms with Crippen molar-refractivity contribution in [3.05, 3.63) is 100 Å². The van der Waals surface area contributed by atoms with Crippen LogP contribution in [0.1, 0.15) is 55.1 Å². The number of carbonyl (C=O) groups excluding carboxylic acids is 3. The molecule has 8 nitrogen and oxygen atoms in total. The van der Waals surface area contributed by atoms with E-state index in [-0.39, 0.29) is 48.2 Å². The molecule has 0 saturated heterocycles. The number of fused-ring (bicyclic) bond motifs is 1.